The molecule has 0 aliphatic carbocycles. The lowest BCUT2D eigenvalue weighted by atomic mass is 10.0. The molecule has 2 fully saturated rings. The Labute approximate surface area is 573 Å². The molecule has 2 aromatic heterocycles. The molecule has 1 unspecified atom stereocenters. The number of para-hydroxylation sites is 1. The molecule has 5 heterocycles. The molecule has 9 rings (SSSR count). The minimum absolute atomic E-state index is 0.0916. The fraction of sp³-hybridized carbons (Fsp3) is 0.478. The summed E-state index contributed by atoms with van der Waals surface area (Å²) in [7, 11) is 0. The average molecular weight is 1380 g/mol. The Balaban J connectivity index is 0.478. The van der Waals surface area contributed by atoms with E-state index < -0.39 is 18.0 Å². The smallest absolute Gasteiger partial charge is 0.319 e. The third-order valence-corrected chi connectivity index (χ3v) is 15.8. The number of nitrogens with zero attached hydrogens (tertiary/aromatic N) is 6. The third kappa shape index (κ3) is 24.3. The third-order valence-electron chi connectivity index (χ3n) is 15.5. The van der Waals surface area contributed by atoms with E-state index in [0.29, 0.717) is 202 Å². The van der Waals surface area contributed by atoms with Gasteiger partial charge >= 0.3 is 6.03 Å². The Kier molecular flexibility index (Phi) is 31.1. The van der Waals surface area contributed by atoms with E-state index >= 15 is 0 Å². The second-order valence-corrected chi connectivity index (χ2v) is 23.0. The fourth-order valence-electron chi connectivity index (χ4n) is 10.7. The zero-order valence-corrected chi connectivity index (χ0v) is 55.7. The standard InChI is InChI=1S/C69H87ClN10O18/c70-53-43-54(75-69(85)72-46-50-10-15-59-52(42-50)47-79(68(59)84)60-16-17-61(81)76-67(60)83)45-58(44-53)97-41-40-96-39-38-95-37-36-94-35-34-93-33-32-92-31-30-91-29-28-90-27-26-89-25-24-88-23-22-87-21-20-86-19-5-9-62(82)78-18-4-6-55(48-78)80-66-63(65(71)73-49-74-66)64(77-80)51-11-13-57(14-12-51)98-56-7-2-1-3-8-56/h1-3,5,7-15,42-45,49,55,60H,4,6,16-41,46-48H2,(H2,71,73,74)(H2,72,75,85)(H,76,81,83)/b9-5+/t55-,60?/m1/s1. The van der Waals surface area contributed by atoms with Gasteiger partial charge in [-0.05, 0) is 85.0 Å². The maximum Gasteiger partial charge on any atom is 0.319 e. The molecule has 6 amide bonds. The second-order valence-electron chi connectivity index (χ2n) is 22.6. The number of fused-ring (bicyclic) bond motifs is 2. The summed E-state index contributed by atoms with van der Waals surface area (Å²) in [6, 6.07) is 26.1. The van der Waals surface area contributed by atoms with Crippen LogP contribution in [0.5, 0.6) is 17.2 Å². The summed E-state index contributed by atoms with van der Waals surface area (Å²) in [6.07, 6.45) is 6.82. The number of carbonyl (C=O) groups is 5. The number of hydrogen-bond donors (Lipinski definition) is 4. The Morgan fingerprint density at radius 3 is 1.83 bits per heavy atom. The SMILES string of the molecule is Nc1ncnc2c1c(-c1ccc(Oc3ccccc3)cc1)nn2[C@@H]1CCCN(C(=O)/C=C/COCCOCCOCCOCCOCCOCCOCCOCCOCCOCCOCCOc2cc(Cl)cc(NC(=O)NCc3ccc4c(c3)CN(C3CCC(=O)NC3=O)C4=O)c2)C1. The fourth-order valence-corrected chi connectivity index (χ4v) is 11.0. The summed E-state index contributed by atoms with van der Waals surface area (Å²) >= 11 is 6.30. The quantitative estimate of drug-likeness (QED) is 0.0178. The van der Waals surface area contributed by atoms with Crippen molar-refractivity contribution in [2.24, 2.45) is 0 Å². The van der Waals surface area contributed by atoms with Crippen molar-refractivity contribution >= 4 is 63.8 Å². The van der Waals surface area contributed by atoms with Crippen molar-refractivity contribution in [3.05, 3.63) is 131 Å². The molecule has 6 aromatic rings. The first kappa shape index (κ1) is 74.0. The van der Waals surface area contributed by atoms with Gasteiger partial charge < -0.3 is 87.7 Å². The van der Waals surface area contributed by atoms with Crippen LogP contribution < -0.4 is 31.2 Å². The molecular formula is C69H87ClN10O18. The molecule has 98 heavy (non-hydrogen) atoms. The van der Waals surface area contributed by atoms with Crippen LogP contribution in [0.15, 0.2) is 109 Å². The van der Waals surface area contributed by atoms with E-state index in [1.54, 1.807) is 42.5 Å². The van der Waals surface area contributed by atoms with Crippen LogP contribution in [0.1, 0.15) is 53.2 Å². The minimum atomic E-state index is -0.701. The summed E-state index contributed by atoms with van der Waals surface area (Å²) in [6.45, 7) is 10.9. The molecule has 528 valence electrons. The van der Waals surface area contributed by atoms with Gasteiger partial charge in [0.25, 0.3) is 5.91 Å². The van der Waals surface area contributed by atoms with Crippen LogP contribution in [0.4, 0.5) is 16.3 Å². The van der Waals surface area contributed by atoms with E-state index in [1.807, 2.05) is 70.2 Å². The van der Waals surface area contributed by atoms with Crippen LogP contribution in [0, 0.1) is 0 Å². The lowest BCUT2D eigenvalue weighted by Crippen LogP contribution is -2.52. The van der Waals surface area contributed by atoms with Crippen molar-refractivity contribution in [1.29, 1.82) is 0 Å². The van der Waals surface area contributed by atoms with E-state index in [9.17, 15) is 24.0 Å². The monoisotopic (exact) mass is 1380 g/mol. The largest absolute Gasteiger partial charge is 0.491 e. The molecule has 5 N–H and O–H groups in total. The lowest BCUT2D eigenvalue weighted by Gasteiger charge is -2.32. The van der Waals surface area contributed by atoms with E-state index in [2.05, 4.69) is 25.9 Å². The number of ether oxygens (including phenoxy) is 13. The van der Waals surface area contributed by atoms with Crippen LogP contribution in [-0.2, 0) is 79.6 Å². The van der Waals surface area contributed by atoms with Gasteiger partial charge in [-0.3, -0.25) is 24.5 Å². The van der Waals surface area contributed by atoms with Gasteiger partial charge in [0.15, 0.2) is 5.65 Å². The number of nitrogens with one attached hydrogen (secondary N) is 3. The number of anilines is 2. The number of urea groups is 1. The molecule has 3 aliphatic rings. The van der Waals surface area contributed by atoms with Crippen LogP contribution >= 0.6 is 11.6 Å². The van der Waals surface area contributed by atoms with Gasteiger partial charge in [0.2, 0.25) is 17.7 Å². The highest BCUT2D eigenvalue weighted by molar-refractivity contribution is 6.31. The van der Waals surface area contributed by atoms with Crippen molar-refractivity contribution in [3.8, 4) is 28.5 Å². The number of carbonyl (C=O) groups excluding carboxylic acids is 5. The Morgan fingerprint density at radius 1 is 0.643 bits per heavy atom. The number of aromatic nitrogens is 4. The normalized spacial score (nSPS) is 15.5. The molecule has 2 saturated heterocycles. The Hall–Kier alpha value is -8.23. The van der Waals surface area contributed by atoms with E-state index in [0.717, 1.165) is 35.3 Å². The number of rotatable bonds is 45. The first-order valence-electron chi connectivity index (χ1n) is 32.9. The molecule has 0 bridgehead atoms. The van der Waals surface area contributed by atoms with Gasteiger partial charge in [-0.2, -0.15) is 5.10 Å². The van der Waals surface area contributed by atoms with Crippen molar-refractivity contribution in [1.82, 2.24) is 40.2 Å². The summed E-state index contributed by atoms with van der Waals surface area (Å²) in [5.74, 6) is 1.07. The predicted molar refractivity (Wildman–Crippen MR) is 360 cm³/mol. The number of nitrogen functional groups attached to an aromatic ring is 1. The number of halogens is 1. The number of likely N-dealkylation sites (tertiary alicyclic amines) is 1. The molecule has 4 aromatic carbocycles. The summed E-state index contributed by atoms with van der Waals surface area (Å²) < 4.78 is 75.0. The number of imide groups is 1. The lowest BCUT2D eigenvalue weighted by molar-refractivity contribution is -0.137. The molecular weight excluding hydrogens is 1290 g/mol. The van der Waals surface area contributed by atoms with Gasteiger partial charge in [0, 0.05) is 66.6 Å². The number of hydrogen-bond acceptors (Lipinski definition) is 22. The average Bonchev–Trinajstić information content (AvgIpc) is 1.62. The molecule has 28 nitrogen and oxygen atoms in total. The van der Waals surface area contributed by atoms with Crippen LogP contribution in [0.25, 0.3) is 22.3 Å². The van der Waals surface area contributed by atoms with Crippen molar-refractivity contribution in [2.45, 2.75) is 50.9 Å². The summed E-state index contributed by atoms with van der Waals surface area (Å²) in [5, 5.41) is 13.9. The number of piperidine rings is 2. The van der Waals surface area contributed by atoms with Gasteiger partial charge in [-0.15, -0.1) is 0 Å². The Morgan fingerprint density at radius 2 is 1.22 bits per heavy atom. The number of nitrogens with two attached hydrogens (primary N) is 1. The van der Waals surface area contributed by atoms with Crippen LogP contribution in [-0.4, -0.2) is 230 Å². The van der Waals surface area contributed by atoms with Gasteiger partial charge in [-0.1, -0.05) is 48.0 Å². The van der Waals surface area contributed by atoms with E-state index in [-0.39, 0.29) is 62.9 Å². The minimum Gasteiger partial charge on any atom is -0.491 e. The van der Waals surface area contributed by atoms with E-state index in [1.165, 1.54) is 11.2 Å². The predicted octanol–water partition coefficient (Wildman–Crippen LogP) is 6.59. The zero-order valence-electron chi connectivity index (χ0n) is 55.0. The zero-order chi connectivity index (χ0) is 68.4. The van der Waals surface area contributed by atoms with Gasteiger partial charge in [-0.25, -0.2) is 19.4 Å². The van der Waals surface area contributed by atoms with Crippen molar-refractivity contribution < 1.29 is 85.6 Å². The second kappa shape index (κ2) is 41.2. The highest BCUT2D eigenvalue weighted by Crippen LogP contribution is 2.36. The molecule has 3 aliphatic heterocycles. The summed E-state index contributed by atoms with van der Waals surface area (Å²) in [4.78, 5) is 75.1. The number of benzene rings is 4. The van der Waals surface area contributed by atoms with Gasteiger partial charge in [0.1, 0.15) is 47.7 Å². The Bertz CT molecular complexity index is 3500. The van der Waals surface area contributed by atoms with E-state index in [4.69, 9.17) is 84.0 Å². The highest BCUT2D eigenvalue weighted by atomic mass is 35.5. The molecule has 0 saturated carbocycles. The van der Waals surface area contributed by atoms with Crippen LogP contribution in [0.2, 0.25) is 5.02 Å². The molecule has 0 radical (unpaired) electrons. The number of amides is 6. The molecule has 29 heteroatoms. The maximum absolute atomic E-state index is 13.2. The topological polar surface area (TPSA) is 318 Å². The first-order chi connectivity index (χ1) is 48.1. The molecule has 0 spiro atoms. The van der Waals surface area contributed by atoms with Crippen molar-refractivity contribution in [3.63, 3.8) is 0 Å². The summed E-state index contributed by atoms with van der Waals surface area (Å²) in [5.41, 5.74) is 11.0. The maximum atomic E-state index is 13.2. The van der Waals surface area contributed by atoms with Crippen molar-refractivity contribution in [2.75, 3.05) is 176 Å². The molecule has 2 atom stereocenters. The van der Waals surface area contributed by atoms with Gasteiger partial charge in [0.05, 0.1) is 157 Å². The first-order valence-corrected chi connectivity index (χ1v) is 33.3. The highest BCUT2D eigenvalue weighted by Gasteiger charge is 2.39. The van der Waals surface area contributed by atoms with Crippen LogP contribution in [0.3, 0.4) is 0 Å².